The molecule has 9 heavy (non-hydrogen) atoms. The SMILES string of the molecule is CCCCC=S(C)(N)=O. The van der Waals surface area contributed by atoms with Gasteiger partial charge in [-0.1, -0.05) is 13.3 Å². The van der Waals surface area contributed by atoms with Crippen LogP contribution in [0.3, 0.4) is 0 Å². The standard InChI is InChI=1S/C6H15NOS/c1-3-4-5-6-9(2,7)8/h6H,3-5H2,1-2H3,(H2,7,8). The molecule has 2 N–H and O–H groups in total. The van der Waals surface area contributed by atoms with Gasteiger partial charge in [0, 0.05) is 16.0 Å². The monoisotopic (exact) mass is 149 g/mol. The van der Waals surface area contributed by atoms with E-state index in [0.717, 1.165) is 19.3 Å². The Morgan fingerprint density at radius 1 is 1.67 bits per heavy atom. The average Bonchev–Trinajstić information content (AvgIpc) is 1.63. The average molecular weight is 149 g/mol. The third kappa shape index (κ3) is 7.98. The third-order valence-corrected chi connectivity index (χ3v) is 1.90. The Labute approximate surface area is 57.6 Å². The molecule has 0 bridgehead atoms. The first-order valence-electron chi connectivity index (χ1n) is 3.16. The Morgan fingerprint density at radius 2 is 2.22 bits per heavy atom. The molecular weight excluding hydrogens is 134 g/mol. The van der Waals surface area contributed by atoms with Crippen molar-refractivity contribution in [2.24, 2.45) is 5.14 Å². The van der Waals surface area contributed by atoms with Crippen molar-refractivity contribution < 1.29 is 4.21 Å². The molecule has 1 atom stereocenters. The number of hydrogen-bond donors (Lipinski definition) is 1. The van der Waals surface area contributed by atoms with Gasteiger partial charge in [0.25, 0.3) is 0 Å². The summed E-state index contributed by atoms with van der Waals surface area (Å²) >= 11 is 0. The van der Waals surface area contributed by atoms with Crippen LogP contribution in [0.4, 0.5) is 0 Å². The van der Waals surface area contributed by atoms with Gasteiger partial charge in [-0.15, -0.1) is 0 Å². The molecule has 0 spiro atoms. The van der Waals surface area contributed by atoms with E-state index in [-0.39, 0.29) is 0 Å². The number of nitrogens with two attached hydrogens (primary N) is 1. The summed E-state index contributed by atoms with van der Waals surface area (Å²) in [6, 6.07) is 0. The lowest BCUT2D eigenvalue weighted by Gasteiger charge is -1.93. The molecule has 1 unspecified atom stereocenters. The molecule has 0 aromatic carbocycles. The summed E-state index contributed by atoms with van der Waals surface area (Å²) in [7, 11) is -2.07. The van der Waals surface area contributed by atoms with Crippen molar-refractivity contribution in [3.63, 3.8) is 0 Å². The molecule has 2 nitrogen and oxygen atoms in total. The Hall–Kier alpha value is -0.0200. The van der Waals surface area contributed by atoms with Crippen LogP contribution in [-0.2, 0) is 9.71 Å². The zero-order valence-electron chi connectivity index (χ0n) is 6.09. The van der Waals surface area contributed by atoms with Gasteiger partial charge in [-0.05, 0) is 18.2 Å². The molecule has 0 fully saturated rings. The topological polar surface area (TPSA) is 43.1 Å². The molecule has 0 heterocycles. The molecule has 0 aromatic heterocycles. The van der Waals surface area contributed by atoms with Gasteiger partial charge in [-0.25, -0.2) is 0 Å². The number of unbranched alkanes of at least 4 members (excludes halogenated alkanes) is 2. The first-order chi connectivity index (χ1) is 4.06. The van der Waals surface area contributed by atoms with E-state index < -0.39 is 9.71 Å². The zero-order chi connectivity index (χ0) is 7.33. The molecule has 0 rings (SSSR count). The summed E-state index contributed by atoms with van der Waals surface area (Å²) in [5.41, 5.74) is 0. The van der Waals surface area contributed by atoms with Crippen molar-refractivity contribution in [3.05, 3.63) is 0 Å². The number of hydrogen-bond acceptors (Lipinski definition) is 1. The van der Waals surface area contributed by atoms with Gasteiger partial charge < -0.3 is 0 Å². The molecule has 56 valence electrons. The van der Waals surface area contributed by atoms with Crippen LogP contribution in [0.2, 0.25) is 0 Å². The Morgan fingerprint density at radius 3 is 2.56 bits per heavy atom. The Balaban J connectivity index is 3.59. The van der Waals surface area contributed by atoms with E-state index >= 15 is 0 Å². The van der Waals surface area contributed by atoms with Crippen molar-refractivity contribution in [1.29, 1.82) is 0 Å². The van der Waals surface area contributed by atoms with Crippen molar-refractivity contribution in [2.75, 3.05) is 6.26 Å². The molecule has 0 saturated heterocycles. The van der Waals surface area contributed by atoms with E-state index in [4.69, 9.17) is 5.14 Å². The van der Waals surface area contributed by atoms with Gasteiger partial charge in [0.15, 0.2) is 0 Å². The quantitative estimate of drug-likeness (QED) is 0.467. The van der Waals surface area contributed by atoms with Crippen LogP contribution in [0.25, 0.3) is 0 Å². The highest BCUT2D eigenvalue weighted by atomic mass is 32.2. The fourth-order valence-corrected chi connectivity index (χ4v) is 1.16. The van der Waals surface area contributed by atoms with Gasteiger partial charge in [-0.3, -0.25) is 9.35 Å². The fraction of sp³-hybridized carbons (Fsp3) is 0.833. The van der Waals surface area contributed by atoms with Crippen LogP contribution in [0.15, 0.2) is 0 Å². The smallest absolute Gasteiger partial charge is 0.0224 e. The van der Waals surface area contributed by atoms with E-state index in [1.807, 2.05) is 0 Å². The second-order valence-electron chi connectivity index (χ2n) is 2.28. The molecule has 0 aliphatic carbocycles. The highest BCUT2D eigenvalue weighted by Gasteiger charge is 1.85. The maximum absolute atomic E-state index is 10.8. The lowest BCUT2D eigenvalue weighted by Crippen LogP contribution is -2.12. The molecule has 0 radical (unpaired) electrons. The summed E-state index contributed by atoms with van der Waals surface area (Å²) in [5, 5.41) is 6.95. The van der Waals surface area contributed by atoms with Crippen LogP contribution in [-0.4, -0.2) is 15.8 Å². The van der Waals surface area contributed by atoms with Crippen molar-refractivity contribution in [1.82, 2.24) is 0 Å². The molecule has 0 aromatic rings. The van der Waals surface area contributed by atoms with Crippen molar-refractivity contribution in [3.8, 4) is 0 Å². The summed E-state index contributed by atoms with van der Waals surface area (Å²) < 4.78 is 10.8. The van der Waals surface area contributed by atoms with Crippen LogP contribution < -0.4 is 5.14 Å². The minimum atomic E-state index is -2.07. The fourth-order valence-electron chi connectivity index (χ4n) is 0.521. The van der Waals surface area contributed by atoms with Crippen molar-refractivity contribution in [2.45, 2.75) is 26.2 Å². The van der Waals surface area contributed by atoms with Crippen LogP contribution in [0.1, 0.15) is 26.2 Å². The van der Waals surface area contributed by atoms with E-state index in [1.165, 1.54) is 0 Å². The second kappa shape index (κ2) is 3.90. The van der Waals surface area contributed by atoms with Crippen LogP contribution >= 0.6 is 0 Å². The molecule has 0 aliphatic heterocycles. The molecule has 3 heteroatoms. The zero-order valence-corrected chi connectivity index (χ0v) is 6.91. The van der Waals surface area contributed by atoms with Gasteiger partial charge in [-0.2, -0.15) is 0 Å². The predicted octanol–water partition coefficient (Wildman–Crippen LogP) is 0.767. The van der Waals surface area contributed by atoms with E-state index in [2.05, 4.69) is 6.92 Å². The largest absolute Gasteiger partial charge is 0.260 e. The van der Waals surface area contributed by atoms with E-state index in [1.54, 1.807) is 11.6 Å². The summed E-state index contributed by atoms with van der Waals surface area (Å²) in [6.45, 7) is 2.10. The van der Waals surface area contributed by atoms with Crippen LogP contribution in [0.5, 0.6) is 0 Å². The van der Waals surface area contributed by atoms with Gasteiger partial charge >= 0.3 is 0 Å². The minimum absolute atomic E-state index is 0.877. The maximum Gasteiger partial charge on any atom is 0.0224 e. The lowest BCUT2D eigenvalue weighted by molar-refractivity contribution is 0.685. The van der Waals surface area contributed by atoms with Crippen molar-refractivity contribution >= 4 is 15.1 Å². The van der Waals surface area contributed by atoms with E-state index in [9.17, 15) is 4.21 Å². The lowest BCUT2D eigenvalue weighted by atomic mass is 10.3. The van der Waals surface area contributed by atoms with Gasteiger partial charge in [0.05, 0.1) is 0 Å². The van der Waals surface area contributed by atoms with E-state index in [0.29, 0.717) is 0 Å². The maximum atomic E-state index is 10.8. The van der Waals surface area contributed by atoms with Gasteiger partial charge in [0.1, 0.15) is 0 Å². The summed E-state index contributed by atoms with van der Waals surface area (Å²) in [4.78, 5) is 0. The van der Waals surface area contributed by atoms with Crippen LogP contribution in [0, 0.1) is 0 Å². The predicted molar refractivity (Wildman–Crippen MR) is 43.8 cm³/mol. The molecular formula is C6H15NOS. The van der Waals surface area contributed by atoms with Gasteiger partial charge in [0.2, 0.25) is 0 Å². The Kier molecular flexibility index (Phi) is 3.89. The third-order valence-electron chi connectivity index (χ3n) is 1.01. The first-order valence-corrected chi connectivity index (χ1v) is 5.25. The number of rotatable bonds is 3. The molecule has 0 saturated carbocycles. The molecule has 0 amide bonds. The highest BCUT2D eigenvalue weighted by Crippen LogP contribution is 1.90. The Bertz CT molecular complexity index is 160. The second-order valence-corrected chi connectivity index (χ2v) is 4.54. The highest BCUT2D eigenvalue weighted by molar-refractivity contribution is 7.98. The summed E-state index contributed by atoms with van der Waals surface area (Å²) in [6.07, 6.45) is 4.65. The minimum Gasteiger partial charge on any atom is -0.260 e. The molecule has 0 aliphatic rings. The first kappa shape index (κ1) is 8.98. The normalized spacial score (nSPS) is 16.8. The summed E-state index contributed by atoms with van der Waals surface area (Å²) in [5.74, 6) is 0.